The van der Waals surface area contributed by atoms with Gasteiger partial charge < -0.3 is 9.64 Å². The normalized spacial score (nSPS) is 18.6. The fourth-order valence-electron chi connectivity index (χ4n) is 3.08. The average Bonchev–Trinajstić information content (AvgIpc) is 2.89. The number of hydrogen-bond acceptors (Lipinski definition) is 3. The fraction of sp³-hybridized carbons (Fsp3) is 0.526. The summed E-state index contributed by atoms with van der Waals surface area (Å²) >= 11 is 0. The number of nitrogens with zero attached hydrogens (tertiary/aromatic N) is 2. The Bertz CT molecular complexity index is 643. The van der Waals surface area contributed by atoms with Gasteiger partial charge in [0.05, 0.1) is 0 Å². The van der Waals surface area contributed by atoms with E-state index < -0.39 is 5.60 Å². The molecule has 0 N–H and O–H groups in total. The van der Waals surface area contributed by atoms with E-state index >= 15 is 0 Å². The largest absolute Gasteiger partial charge is 0.444 e. The summed E-state index contributed by atoms with van der Waals surface area (Å²) in [4.78, 5) is 16.3. The van der Waals surface area contributed by atoms with E-state index in [0.29, 0.717) is 13.1 Å². The molecule has 0 bridgehead atoms. The van der Waals surface area contributed by atoms with Crippen molar-refractivity contribution in [1.29, 1.82) is 0 Å². The number of carbonyl (C=O) groups is 1. The first-order valence-electron chi connectivity index (χ1n) is 8.29. The second kappa shape index (κ2) is 6.00. The van der Waals surface area contributed by atoms with Gasteiger partial charge in [0.1, 0.15) is 5.60 Å². The van der Waals surface area contributed by atoms with Gasteiger partial charge in [-0.3, -0.25) is 4.90 Å². The lowest BCUT2D eigenvalue weighted by Gasteiger charge is -2.24. The number of carbonyl (C=O) groups excluding carboxylic acids is 1. The van der Waals surface area contributed by atoms with Crippen LogP contribution in [0.3, 0.4) is 0 Å². The molecule has 0 fully saturated rings. The molecule has 1 aromatic carbocycles. The fourth-order valence-corrected chi connectivity index (χ4v) is 3.08. The molecule has 0 unspecified atom stereocenters. The second-order valence-corrected chi connectivity index (χ2v) is 7.56. The third-order valence-electron chi connectivity index (χ3n) is 4.36. The van der Waals surface area contributed by atoms with Crippen molar-refractivity contribution < 1.29 is 9.53 Å². The van der Waals surface area contributed by atoms with Crippen LogP contribution < -0.4 is 0 Å². The SMILES string of the molecule is CN1CC=C(c2ccc3c(c2)CN(C(=O)OC(C)(C)C)C3)CC1. The third-order valence-corrected chi connectivity index (χ3v) is 4.36. The summed E-state index contributed by atoms with van der Waals surface area (Å²) in [6.07, 6.45) is 3.17. The van der Waals surface area contributed by atoms with Gasteiger partial charge in [-0.1, -0.05) is 18.2 Å². The Morgan fingerprint density at radius 2 is 1.91 bits per heavy atom. The van der Waals surface area contributed by atoms with Gasteiger partial charge >= 0.3 is 6.09 Å². The minimum absolute atomic E-state index is 0.228. The quantitative estimate of drug-likeness (QED) is 0.793. The van der Waals surface area contributed by atoms with E-state index in [2.05, 4.69) is 36.2 Å². The molecule has 0 saturated heterocycles. The monoisotopic (exact) mass is 314 g/mol. The molecule has 0 atom stereocenters. The van der Waals surface area contributed by atoms with Crippen LogP contribution in [0.1, 0.15) is 43.9 Å². The van der Waals surface area contributed by atoms with Crippen molar-refractivity contribution in [2.24, 2.45) is 0 Å². The minimum Gasteiger partial charge on any atom is -0.444 e. The zero-order chi connectivity index (χ0) is 16.6. The van der Waals surface area contributed by atoms with Crippen LogP contribution in [0.15, 0.2) is 24.3 Å². The summed E-state index contributed by atoms with van der Waals surface area (Å²) in [6.45, 7) is 9.11. The minimum atomic E-state index is -0.448. The van der Waals surface area contributed by atoms with Gasteiger partial charge in [0.15, 0.2) is 0 Å². The first-order chi connectivity index (χ1) is 10.8. The number of rotatable bonds is 1. The topological polar surface area (TPSA) is 32.8 Å². The van der Waals surface area contributed by atoms with Crippen LogP contribution in [-0.4, -0.2) is 41.6 Å². The van der Waals surface area contributed by atoms with Crippen LogP contribution in [-0.2, 0) is 17.8 Å². The van der Waals surface area contributed by atoms with Crippen molar-refractivity contribution in [1.82, 2.24) is 9.80 Å². The zero-order valence-corrected chi connectivity index (χ0v) is 14.6. The van der Waals surface area contributed by atoms with Crippen LogP contribution in [0.5, 0.6) is 0 Å². The predicted octanol–water partition coefficient (Wildman–Crippen LogP) is 3.66. The Hall–Kier alpha value is -1.81. The first-order valence-corrected chi connectivity index (χ1v) is 8.29. The van der Waals surface area contributed by atoms with Gasteiger partial charge in [-0.2, -0.15) is 0 Å². The summed E-state index contributed by atoms with van der Waals surface area (Å²) in [5.41, 5.74) is 4.74. The Labute approximate surface area is 138 Å². The molecular weight excluding hydrogens is 288 g/mol. The molecule has 4 heteroatoms. The molecule has 3 rings (SSSR count). The van der Waals surface area contributed by atoms with Gasteiger partial charge in [-0.05, 0) is 62.6 Å². The Morgan fingerprint density at radius 3 is 2.57 bits per heavy atom. The molecule has 2 heterocycles. The van der Waals surface area contributed by atoms with Crippen molar-refractivity contribution in [2.45, 2.75) is 45.9 Å². The molecule has 124 valence electrons. The average molecular weight is 314 g/mol. The van der Waals surface area contributed by atoms with Crippen molar-refractivity contribution in [2.75, 3.05) is 20.1 Å². The summed E-state index contributed by atoms with van der Waals surface area (Å²) in [7, 11) is 2.15. The van der Waals surface area contributed by atoms with Gasteiger partial charge in [0, 0.05) is 26.2 Å². The summed E-state index contributed by atoms with van der Waals surface area (Å²) < 4.78 is 5.48. The molecule has 1 amide bonds. The summed E-state index contributed by atoms with van der Waals surface area (Å²) in [5.74, 6) is 0. The number of fused-ring (bicyclic) bond motifs is 1. The van der Waals surface area contributed by atoms with Crippen LogP contribution in [0, 0.1) is 0 Å². The lowest BCUT2D eigenvalue weighted by Crippen LogP contribution is -2.33. The summed E-state index contributed by atoms with van der Waals surface area (Å²) in [5, 5.41) is 0. The maximum absolute atomic E-state index is 12.2. The van der Waals surface area contributed by atoms with Crippen molar-refractivity contribution in [3.63, 3.8) is 0 Å². The highest BCUT2D eigenvalue weighted by atomic mass is 16.6. The van der Waals surface area contributed by atoms with Gasteiger partial charge in [0.25, 0.3) is 0 Å². The number of hydrogen-bond donors (Lipinski definition) is 0. The van der Waals surface area contributed by atoms with E-state index in [1.54, 1.807) is 4.90 Å². The van der Waals surface area contributed by atoms with Crippen LogP contribution >= 0.6 is 0 Å². The van der Waals surface area contributed by atoms with Gasteiger partial charge in [-0.25, -0.2) is 4.79 Å². The van der Waals surface area contributed by atoms with E-state index in [1.165, 1.54) is 22.3 Å². The highest BCUT2D eigenvalue weighted by Crippen LogP contribution is 2.29. The molecule has 0 aromatic heterocycles. The molecule has 4 nitrogen and oxygen atoms in total. The smallest absolute Gasteiger partial charge is 0.410 e. The van der Waals surface area contributed by atoms with E-state index in [9.17, 15) is 4.79 Å². The van der Waals surface area contributed by atoms with Crippen LogP contribution in [0.2, 0.25) is 0 Å². The van der Waals surface area contributed by atoms with Crippen molar-refractivity contribution in [3.05, 3.63) is 41.0 Å². The molecule has 0 radical (unpaired) electrons. The van der Waals surface area contributed by atoms with E-state index in [-0.39, 0.29) is 6.09 Å². The van der Waals surface area contributed by atoms with Crippen molar-refractivity contribution in [3.8, 4) is 0 Å². The molecule has 1 aromatic rings. The number of benzene rings is 1. The Morgan fingerprint density at radius 1 is 1.17 bits per heavy atom. The van der Waals surface area contributed by atoms with E-state index in [0.717, 1.165) is 19.5 Å². The Kier molecular flexibility index (Phi) is 4.19. The first kappa shape index (κ1) is 16.1. The molecule has 23 heavy (non-hydrogen) atoms. The molecule has 0 saturated carbocycles. The highest BCUT2D eigenvalue weighted by Gasteiger charge is 2.28. The molecule has 0 spiro atoms. The molecule has 0 aliphatic carbocycles. The standard InChI is InChI=1S/C19H26N2O2/c1-19(2,3)23-18(22)21-12-16-6-5-15(11-17(16)13-21)14-7-9-20(4)10-8-14/h5-7,11H,8-10,12-13H2,1-4H3. The van der Waals surface area contributed by atoms with E-state index in [4.69, 9.17) is 4.74 Å². The lowest BCUT2D eigenvalue weighted by molar-refractivity contribution is 0.0242. The number of likely N-dealkylation sites (N-methyl/N-ethyl adjacent to an activating group) is 1. The second-order valence-electron chi connectivity index (χ2n) is 7.56. The highest BCUT2D eigenvalue weighted by molar-refractivity contribution is 5.71. The third kappa shape index (κ3) is 3.75. The number of amides is 1. The molecule has 2 aliphatic rings. The van der Waals surface area contributed by atoms with Gasteiger partial charge in [0.2, 0.25) is 0 Å². The summed E-state index contributed by atoms with van der Waals surface area (Å²) in [6, 6.07) is 6.60. The molecular formula is C19H26N2O2. The maximum atomic E-state index is 12.2. The lowest BCUT2D eigenvalue weighted by atomic mass is 9.96. The Balaban J connectivity index is 1.73. The number of ether oxygens (including phenoxy) is 1. The van der Waals surface area contributed by atoms with Crippen LogP contribution in [0.4, 0.5) is 4.79 Å². The molecule has 2 aliphatic heterocycles. The van der Waals surface area contributed by atoms with E-state index in [1.807, 2.05) is 20.8 Å². The predicted molar refractivity (Wildman–Crippen MR) is 92.0 cm³/mol. The van der Waals surface area contributed by atoms with Crippen LogP contribution in [0.25, 0.3) is 5.57 Å². The van der Waals surface area contributed by atoms with Crippen molar-refractivity contribution >= 4 is 11.7 Å². The maximum Gasteiger partial charge on any atom is 0.410 e. The zero-order valence-electron chi connectivity index (χ0n) is 14.6. The van der Waals surface area contributed by atoms with Gasteiger partial charge in [-0.15, -0.1) is 0 Å².